The molecular formula is C18H20N2S. The standard InChI is InChI=1S/C18H20N2S/c1-14(11-12-15-7-4-3-5-8-15)20-17-9-6-10-18(21-2)16(17)13-19/h3-10,14,20H,11-12H2,1-2H3. The van der Waals surface area contributed by atoms with Gasteiger partial charge >= 0.3 is 0 Å². The Balaban J connectivity index is 2.00. The van der Waals surface area contributed by atoms with Gasteiger partial charge in [-0.1, -0.05) is 36.4 Å². The van der Waals surface area contributed by atoms with Gasteiger partial charge in [0, 0.05) is 10.9 Å². The molecule has 0 aromatic heterocycles. The van der Waals surface area contributed by atoms with Crippen LogP contribution in [0, 0.1) is 11.3 Å². The van der Waals surface area contributed by atoms with Gasteiger partial charge in [-0.2, -0.15) is 5.26 Å². The number of nitrogens with one attached hydrogen (secondary N) is 1. The van der Waals surface area contributed by atoms with Crippen LogP contribution in [0.1, 0.15) is 24.5 Å². The van der Waals surface area contributed by atoms with E-state index in [1.807, 2.05) is 30.5 Å². The summed E-state index contributed by atoms with van der Waals surface area (Å²) in [4.78, 5) is 1.03. The first kappa shape index (κ1) is 15.5. The minimum absolute atomic E-state index is 0.328. The zero-order valence-corrected chi connectivity index (χ0v) is 13.3. The smallest absolute Gasteiger partial charge is 0.102 e. The average Bonchev–Trinajstić information content (AvgIpc) is 2.53. The third kappa shape index (κ3) is 4.27. The summed E-state index contributed by atoms with van der Waals surface area (Å²) in [6, 6.07) is 19.1. The maximum absolute atomic E-state index is 9.35. The fourth-order valence-corrected chi connectivity index (χ4v) is 2.88. The number of hydrogen-bond donors (Lipinski definition) is 1. The number of thioether (sulfide) groups is 1. The van der Waals surface area contributed by atoms with Crippen LogP contribution in [-0.2, 0) is 6.42 Å². The molecule has 2 rings (SSSR count). The number of hydrogen-bond acceptors (Lipinski definition) is 3. The van der Waals surface area contributed by atoms with Gasteiger partial charge in [0.2, 0.25) is 0 Å². The van der Waals surface area contributed by atoms with Gasteiger partial charge in [-0.05, 0) is 43.7 Å². The summed E-state index contributed by atoms with van der Waals surface area (Å²) in [5.74, 6) is 0. The van der Waals surface area contributed by atoms with Crippen LogP contribution in [0.15, 0.2) is 53.4 Å². The van der Waals surface area contributed by atoms with Crippen LogP contribution in [-0.4, -0.2) is 12.3 Å². The van der Waals surface area contributed by atoms with Crippen molar-refractivity contribution >= 4 is 17.4 Å². The molecule has 3 heteroatoms. The highest BCUT2D eigenvalue weighted by atomic mass is 32.2. The normalized spacial score (nSPS) is 11.7. The molecule has 2 aromatic carbocycles. The van der Waals surface area contributed by atoms with Gasteiger partial charge in [0.15, 0.2) is 0 Å². The van der Waals surface area contributed by atoms with Crippen molar-refractivity contribution in [3.05, 3.63) is 59.7 Å². The molecule has 0 aliphatic heterocycles. The van der Waals surface area contributed by atoms with Gasteiger partial charge in [0.05, 0.1) is 11.3 Å². The van der Waals surface area contributed by atoms with Crippen LogP contribution in [0.3, 0.4) is 0 Å². The lowest BCUT2D eigenvalue weighted by Gasteiger charge is -2.17. The molecule has 1 unspecified atom stereocenters. The Morgan fingerprint density at radius 2 is 1.90 bits per heavy atom. The second-order valence-corrected chi connectivity index (χ2v) is 5.91. The van der Waals surface area contributed by atoms with E-state index in [0.717, 1.165) is 29.0 Å². The molecule has 0 saturated carbocycles. The summed E-state index contributed by atoms with van der Waals surface area (Å²) in [6.07, 6.45) is 4.08. The molecule has 2 aromatic rings. The van der Waals surface area contributed by atoms with Crippen molar-refractivity contribution in [1.82, 2.24) is 0 Å². The third-order valence-corrected chi connectivity index (χ3v) is 4.25. The molecule has 0 saturated heterocycles. The molecule has 0 radical (unpaired) electrons. The van der Waals surface area contributed by atoms with E-state index in [0.29, 0.717) is 6.04 Å². The predicted octanol–water partition coefficient (Wildman–Crippen LogP) is 4.71. The van der Waals surface area contributed by atoms with Crippen molar-refractivity contribution in [3.63, 3.8) is 0 Å². The van der Waals surface area contributed by atoms with Gasteiger partial charge in [0.1, 0.15) is 6.07 Å². The number of nitriles is 1. The lowest BCUT2D eigenvalue weighted by atomic mass is 10.1. The molecule has 0 amide bonds. The van der Waals surface area contributed by atoms with Gasteiger partial charge in [-0.3, -0.25) is 0 Å². The molecule has 1 atom stereocenters. The monoisotopic (exact) mass is 296 g/mol. The van der Waals surface area contributed by atoms with E-state index in [1.165, 1.54) is 5.56 Å². The Morgan fingerprint density at radius 1 is 1.14 bits per heavy atom. The molecule has 0 spiro atoms. The lowest BCUT2D eigenvalue weighted by Crippen LogP contribution is -2.17. The van der Waals surface area contributed by atoms with Gasteiger partial charge < -0.3 is 5.32 Å². The Labute approximate surface area is 131 Å². The Morgan fingerprint density at radius 3 is 2.57 bits per heavy atom. The van der Waals surface area contributed by atoms with E-state index < -0.39 is 0 Å². The molecule has 21 heavy (non-hydrogen) atoms. The van der Waals surface area contributed by atoms with Crippen LogP contribution in [0.25, 0.3) is 0 Å². The largest absolute Gasteiger partial charge is 0.381 e. The van der Waals surface area contributed by atoms with Crippen molar-refractivity contribution in [2.45, 2.75) is 30.7 Å². The lowest BCUT2D eigenvalue weighted by molar-refractivity contribution is 0.705. The van der Waals surface area contributed by atoms with Crippen molar-refractivity contribution in [2.24, 2.45) is 0 Å². The maximum Gasteiger partial charge on any atom is 0.102 e. The SMILES string of the molecule is CSc1cccc(NC(C)CCc2ccccc2)c1C#N. The Hall–Kier alpha value is -1.92. The van der Waals surface area contributed by atoms with Crippen LogP contribution >= 0.6 is 11.8 Å². The second kappa shape index (κ2) is 7.75. The van der Waals surface area contributed by atoms with E-state index in [9.17, 15) is 5.26 Å². The molecule has 0 aliphatic carbocycles. The maximum atomic E-state index is 9.35. The summed E-state index contributed by atoms with van der Waals surface area (Å²) >= 11 is 1.61. The molecule has 108 valence electrons. The van der Waals surface area contributed by atoms with E-state index in [2.05, 4.69) is 42.6 Å². The number of aryl methyl sites for hydroxylation is 1. The second-order valence-electron chi connectivity index (χ2n) is 5.06. The van der Waals surface area contributed by atoms with Crippen molar-refractivity contribution in [2.75, 3.05) is 11.6 Å². The van der Waals surface area contributed by atoms with Crippen molar-refractivity contribution in [3.8, 4) is 6.07 Å². The van der Waals surface area contributed by atoms with Crippen LogP contribution < -0.4 is 5.32 Å². The molecule has 0 bridgehead atoms. The van der Waals surface area contributed by atoms with Crippen LogP contribution in [0.4, 0.5) is 5.69 Å². The molecule has 2 nitrogen and oxygen atoms in total. The highest BCUT2D eigenvalue weighted by molar-refractivity contribution is 7.98. The van der Waals surface area contributed by atoms with Crippen molar-refractivity contribution < 1.29 is 0 Å². The first-order valence-electron chi connectivity index (χ1n) is 7.12. The van der Waals surface area contributed by atoms with Crippen molar-refractivity contribution in [1.29, 1.82) is 5.26 Å². The summed E-state index contributed by atoms with van der Waals surface area (Å²) in [5.41, 5.74) is 3.03. The van der Waals surface area contributed by atoms with E-state index in [4.69, 9.17) is 0 Å². The summed E-state index contributed by atoms with van der Waals surface area (Å²) in [7, 11) is 0. The number of rotatable bonds is 6. The fraction of sp³-hybridized carbons (Fsp3) is 0.278. The molecule has 0 aliphatic rings. The first-order chi connectivity index (χ1) is 10.2. The highest BCUT2D eigenvalue weighted by Gasteiger charge is 2.10. The van der Waals surface area contributed by atoms with Gasteiger partial charge in [0.25, 0.3) is 0 Å². The minimum atomic E-state index is 0.328. The predicted molar refractivity (Wildman–Crippen MR) is 90.8 cm³/mol. The van der Waals surface area contributed by atoms with Crippen LogP contribution in [0.2, 0.25) is 0 Å². The number of anilines is 1. The van der Waals surface area contributed by atoms with E-state index >= 15 is 0 Å². The summed E-state index contributed by atoms with van der Waals surface area (Å²) < 4.78 is 0. The van der Waals surface area contributed by atoms with E-state index in [1.54, 1.807) is 11.8 Å². The topological polar surface area (TPSA) is 35.8 Å². The Kier molecular flexibility index (Phi) is 5.71. The Bertz CT molecular complexity index is 617. The minimum Gasteiger partial charge on any atom is -0.381 e. The molecular weight excluding hydrogens is 276 g/mol. The molecule has 0 fully saturated rings. The summed E-state index contributed by atoms with van der Waals surface area (Å²) in [6.45, 7) is 2.16. The third-order valence-electron chi connectivity index (χ3n) is 3.47. The van der Waals surface area contributed by atoms with Gasteiger partial charge in [-0.25, -0.2) is 0 Å². The van der Waals surface area contributed by atoms with E-state index in [-0.39, 0.29) is 0 Å². The number of nitrogens with zero attached hydrogens (tertiary/aromatic N) is 1. The fourth-order valence-electron chi connectivity index (χ4n) is 2.30. The first-order valence-corrected chi connectivity index (χ1v) is 8.34. The number of benzene rings is 2. The summed E-state index contributed by atoms with van der Waals surface area (Å²) in [5, 5.41) is 12.8. The highest BCUT2D eigenvalue weighted by Crippen LogP contribution is 2.27. The van der Waals surface area contributed by atoms with Crippen LogP contribution in [0.5, 0.6) is 0 Å². The zero-order valence-electron chi connectivity index (χ0n) is 12.5. The van der Waals surface area contributed by atoms with Gasteiger partial charge in [-0.15, -0.1) is 11.8 Å². The zero-order chi connectivity index (χ0) is 15.1. The quantitative estimate of drug-likeness (QED) is 0.784. The molecule has 1 N–H and O–H groups in total. The molecule has 0 heterocycles. The average molecular weight is 296 g/mol.